The van der Waals surface area contributed by atoms with Gasteiger partial charge in [-0.3, -0.25) is 4.79 Å². The standard InChI is InChI=1S/C14H21N3O.ClH/c1-12(15)14(18)17-9-5-8-16(10-11-17)13-6-3-2-4-7-13;/h2-4,6-7,12H,5,8-11,15H2,1H3;1H. The summed E-state index contributed by atoms with van der Waals surface area (Å²) in [7, 11) is 0. The third kappa shape index (κ3) is 4.11. The molecule has 1 aliphatic heterocycles. The summed E-state index contributed by atoms with van der Waals surface area (Å²) < 4.78 is 0. The normalized spacial score (nSPS) is 17.4. The van der Waals surface area contributed by atoms with Gasteiger partial charge < -0.3 is 15.5 Å². The van der Waals surface area contributed by atoms with Crippen molar-refractivity contribution >= 4 is 24.0 Å². The van der Waals surface area contributed by atoms with Crippen LogP contribution in [-0.2, 0) is 4.79 Å². The van der Waals surface area contributed by atoms with E-state index in [2.05, 4.69) is 17.0 Å². The average Bonchev–Trinajstić information content (AvgIpc) is 2.64. The smallest absolute Gasteiger partial charge is 0.239 e. The third-order valence-electron chi connectivity index (χ3n) is 3.32. The lowest BCUT2D eigenvalue weighted by Gasteiger charge is -2.24. The number of amides is 1. The summed E-state index contributed by atoms with van der Waals surface area (Å²) in [6, 6.07) is 9.95. The first-order valence-corrected chi connectivity index (χ1v) is 6.53. The van der Waals surface area contributed by atoms with Gasteiger partial charge in [0.1, 0.15) is 0 Å². The Labute approximate surface area is 121 Å². The Morgan fingerprint density at radius 2 is 1.84 bits per heavy atom. The summed E-state index contributed by atoms with van der Waals surface area (Å²) >= 11 is 0. The molecule has 1 fully saturated rings. The molecule has 1 amide bonds. The number of halogens is 1. The SMILES string of the molecule is CC(N)C(=O)N1CCCN(c2ccccc2)CC1.Cl. The molecule has 0 aliphatic carbocycles. The highest BCUT2D eigenvalue weighted by Gasteiger charge is 2.21. The minimum absolute atomic E-state index is 0. The van der Waals surface area contributed by atoms with Crippen LogP contribution < -0.4 is 10.6 Å². The maximum absolute atomic E-state index is 11.9. The van der Waals surface area contributed by atoms with E-state index in [9.17, 15) is 4.79 Å². The molecule has 19 heavy (non-hydrogen) atoms. The molecule has 2 N–H and O–H groups in total. The molecule has 0 saturated carbocycles. The van der Waals surface area contributed by atoms with Gasteiger partial charge in [0, 0.05) is 31.9 Å². The highest BCUT2D eigenvalue weighted by molar-refractivity contribution is 5.85. The Morgan fingerprint density at radius 3 is 2.47 bits per heavy atom. The van der Waals surface area contributed by atoms with Crippen LogP contribution in [0.25, 0.3) is 0 Å². The van der Waals surface area contributed by atoms with Crippen LogP contribution in [0.15, 0.2) is 30.3 Å². The first kappa shape index (κ1) is 15.8. The average molecular weight is 284 g/mol. The number of rotatable bonds is 2. The Kier molecular flexibility index (Phi) is 6.12. The van der Waals surface area contributed by atoms with Crippen LogP contribution >= 0.6 is 12.4 Å². The number of para-hydroxylation sites is 1. The fourth-order valence-electron chi connectivity index (χ4n) is 2.32. The Morgan fingerprint density at radius 1 is 1.16 bits per heavy atom. The Bertz CT molecular complexity index is 397. The van der Waals surface area contributed by atoms with Crippen LogP contribution in [0.3, 0.4) is 0 Å². The van der Waals surface area contributed by atoms with Crippen LogP contribution in [0.5, 0.6) is 0 Å². The molecule has 1 atom stereocenters. The van der Waals surface area contributed by atoms with Gasteiger partial charge in [-0.1, -0.05) is 18.2 Å². The number of nitrogens with two attached hydrogens (primary N) is 1. The Balaban J connectivity index is 0.00000180. The van der Waals surface area contributed by atoms with Crippen molar-refractivity contribution in [3.05, 3.63) is 30.3 Å². The molecule has 1 saturated heterocycles. The van der Waals surface area contributed by atoms with Crippen molar-refractivity contribution < 1.29 is 4.79 Å². The lowest BCUT2D eigenvalue weighted by molar-refractivity contribution is -0.131. The van der Waals surface area contributed by atoms with Gasteiger partial charge in [0.2, 0.25) is 5.91 Å². The summed E-state index contributed by atoms with van der Waals surface area (Å²) in [6.07, 6.45) is 0.993. The van der Waals surface area contributed by atoms with Gasteiger partial charge in [0.05, 0.1) is 6.04 Å². The van der Waals surface area contributed by atoms with Crippen molar-refractivity contribution in [1.29, 1.82) is 0 Å². The zero-order valence-corrected chi connectivity index (χ0v) is 12.1. The minimum atomic E-state index is -0.395. The zero-order valence-electron chi connectivity index (χ0n) is 11.3. The minimum Gasteiger partial charge on any atom is -0.370 e. The maximum atomic E-state index is 11.9. The van der Waals surface area contributed by atoms with Gasteiger partial charge in [0.25, 0.3) is 0 Å². The number of hydrogen-bond donors (Lipinski definition) is 1. The second-order valence-corrected chi connectivity index (χ2v) is 4.79. The van der Waals surface area contributed by atoms with E-state index in [1.165, 1.54) is 5.69 Å². The van der Waals surface area contributed by atoms with Crippen molar-refractivity contribution in [3.8, 4) is 0 Å². The molecule has 5 heteroatoms. The maximum Gasteiger partial charge on any atom is 0.239 e. The molecular weight excluding hydrogens is 262 g/mol. The van der Waals surface area contributed by atoms with Crippen molar-refractivity contribution in [2.24, 2.45) is 5.73 Å². The second-order valence-electron chi connectivity index (χ2n) is 4.79. The third-order valence-corrected chi connectivity index (χ3v) is 3.32. The molecular formula is C14H22ClN3O. The molecule has 1 heterocycles. The van der Waals surface area contributed by atoms with Crippen molar-refractivity contribution in [2.75, 3.05) is 31.1 Å². The summed E-state index contributed by atoms with van der Waals surface area (Å²) in [5.41, 5.74) is 6.89. The van der Waals surface area contributed by atoms with E-state index >= 15 is 0 Å². The number of carbonyl (C=O) groups is 1. The van der Waals surface area contributed by atoms with Gasteiger partial charge in [0.15, 0.2) is 0 Å². The number of nitrogens with zero attached hydrogens (tertiary/aromatic N) is 2. The first-order valence-electron chi connectivity index (χ1n) is 6.53. The van der Waals surface area contributed by atoms with Gasteiger partial charge in [-0.25, -0.2) is 0 Å². The zero-order chi connectivity index (χ0) is 13.0. The lowest BCUT2D eigenvalue weighted by atomic mass is 10.3. The molecule has 2 rings (SSSR count). The van der Waals surface area contributed by atoms with Crippen LogP contribution in [-0.4, -0.2) is 43.0 Å². The topological polar surface area (TPSA) is 49.6 Å². The van der Waals surface area contributed by atoms with Gasteiger partial charge in [-0.2, -0.15) is 0 Å². The molecule has 0 bridgehead atoms. The van der Waals surface area contributed by atoms with E-state index in [1.54, 1.807) is 6.92 Å². The fourth-order valence-corrected chi connectivity index (χ4v) is 2.32. The van der Waals surface area contributed by atoms with Crippen LogP contribution in [0, 0.1) is 0 Å². The van der Waals surface area contributed by atoms with E-state index in [1.807, 2.05) is 23.1 Å². The van der Waals surface area contributed by atoms with Crippen LogP contribution in [0.2, 0.25) is 0 Å². The fraction of sp³-hybridized carbons (Fsp3) is 0.500. The van der Waals surface area contributed by atoms with Crippen molar-refractivity contribution in [1.82, 2.24) is 4.90 Å². The quantitative estimate of drug-likeness (QED) is 0.895. The number of carbonyl (C=O) groups excluding carboxylic acids is 1. The molecule has 1 aromatic rings. The van der Waals surface area contributed by atoms with Crippen LogP contribution in [0.1, 0.15) is 13.3 Å². The molecule has 106 valence electrons. The van der Waals surface area contributed by atoms with Crippen molar-refractivity contribution in [3.63, 3.8) is 0 Å². The van der Waals surface area contributed by atoms with E-state index in [0.717, 1.165) is 32.6 Å². The number of hydrogen-bond acceptors (Lipinski definition) is 3. The summed E-state index contributed by atoms with van der Waals surface area (Å²) in [4.78, 5) is 16.1. The van der Waals surface area contributed by atoms with Gasteiger partial charge in [-0.15, -0.1) is 12.4 Å². The number of benzene rings is 1. The largest absolute Gasteiger partial charge is 0.370 e. The molecule has 1 aliphatic rings. The molecule has 1 aromatic carbocycles. The van der Waals surface area contributed by atoms with E-state index in [0.29, 0.717) is 0 Å². The Hall–Kier alpha value is -1.26. The predicted molar refractivity (Wildman–Crippen MR) is 80.7 cm³/mol. The second kappa shape index (κ2) is 7.36. The number of anilines is 1. The highest BCUT2D eigenvalue weighted by atomic mass is 35.5. The summed E-state index contributed by atoms with van der Waals surface area (Å²) in [5.74, 6) is 0.0601. The highest BCUT2D eigenvalue weighted by Crippen LogP contribution is 2.15. The monoisotopic (exact) mass is 283 g/mol. The first-order chi connectivity index (χ1) is 8.68. The van der Waals surface area contributed by atoms with Crippen LogP contribution in [0.4, 0.5) is 5.69 Å². The van der Waals surface area contributed by atoms with Gasteiger partial charge in [-0.05, 0) is 25.5 Å². The van der Waals surface area contributed by atoms with Crippen molar-refractivity contribution in [2.45, 2.75) is 19.4 Å². The van der Waals surface area contributed by atoms with E-state index in [4.69, 9.17) is 5.73 Å². The molecule has 4 nitrogen and oxygen atoms in total. The molecule has 0 spiro atoms. The van der Waals surface area contributed by atoms with E-state index in [-0.39, 0.29) is 18.3 Å². The molecule has 0 aromatic heterocycles. The predicted octanol–water partition coefficient (Wildman–Crippen LogP) is 1.49. The summed E-state index contributed by atoms with van der Waals surface area (Å²) in [6.45, 7) is 5.19. The van der Waals surface area contributed by atoms with E-state index < -0.39 is 6.04 Å². The molecule has 1 unspecified atom stereocenters. The van der Waals surface area contributed by atoms with Gasteiger partial charge >= 0.3 is 0 Å². The molecule has 0 radical (unpaired) electrons. The lowest BCUT2D eigenvalue weighted by Crippen LogP contribution is -2.43. The summed E-state index contributed by atoms with van der Waals surface area (Å²) in [5, 5.41) is 0.